The van der Waals surface area contributed by atoms with Crippen LogP contribution in [-0.4, -0.2) is 48.3 Å². The number of hydrogen-bond acceptors (Lipinski definition) is 3. The van der Waals surface area contributed by atoms with Gasteiger partial charge in [0.1, 0.15) is 0 Å². The number of hydrogen-bond donors (Lipinski definition) is 2. The molecule has 0 heterocycles. The molecule has 0 spiro atoms. The lowest BCUT2D eigenvalue weighted by atomic mass is 9.99. The first-order chi connectivity index (χ1) is 6.44. The van der Waals surface area contributed by atoms with Gasteiger partial charge < -0.3 is 10.4 Å². The van der Waals surface area contributed by atoms with Gasteiger partial charge in [0.15, 0.2) is 0 Å². The zero-order valence-corrected chi connectivity index (χ0v) is 10.3. The van der Waals surface area contributed by atoms with Crippen LogP contribution in [0, 0.1) is 0 Å². The maximum absolute atomic E-state index is 9.71. The van der Waals surface area contributed by atoms with Gasteiger partial charge in [-0.2, -0.15) is 0 Å². The highest BCUT2D eigenvalue weighted by atomic mass is 16.3. The Bertz CT molecular complexity index is 148. The number of nitrogens with zero attached hydrogens (tertiary/aromatic N) is 1. The first-order valence-electron chi connectivity index (χ1n) is 5.54. The van der Waals surface area contributed by atoms with Crippen LogP contribution in [0.15, 0.2) is 0 Å². The molecule has 86 valence electrons. The second-order valence-corrected chi connectivity index (χ2v) is 4.51. The summed E-state index contributed by atoms with van der Waals surface area (Å²) in [4.78, 5) is 2.22. The van der Waals surface area contributed by atoms with E-state index >= 15 is 0 Å². The molecule has 0 aliphatic carbocycles. The van der Waals surface area contributed by atoms with E-state index in [2.05, 4.69) is 38.0 Å². The molecule has 0 aromatic heterocycles. The summed E-state index contributed by atoms with van der Waals surface area (Å²) in [5, 5.41) is 12.9. The second kappa shape index (κ2) is 6.38. The van der Waals surface area contributed by atoms with E-state index in [4.69, 9.17) is 0 Å². The highest BCUT2D eigenvalue weighted by Crippen LogP contribution is 2.16. The fraction of sp³-hybridized carbons (Fsp3) is 1.00. The van der Waals surface area contributed by atoms with Crippen molar-refractivity contribution in [1.29, 1.82) is 0 Å². The predicted octanol–water partition coefficient (Wildman–Crippen LogP) is 1.08. The highest BCUT2D eigenvalue weighted by Gasteiger charge is 2.22. The zero-order chi connectivity index (χ0) is 11.2. The third kappa shape index (κ3) is 4.94. The minimum absolute atomic E-state index is 0.174. The third-order valence-corrected chi connectivity index (χ3v) is 3.01. The lowest BCUT2D eigenvalue weighted by Crippen LogP contribution is -2.46. The van der Waals surface area contributed by atoms with Gasteiger partial charge in [-0.25, -0.2) is 0 Å². The standard InChI is InChI=1S/C11H26N2O/c1-6-11(3,4)13(5)9-10(14)8-12-7-2/h10,12,14H,6-9H2,1-5H3. The van der Waals surface area contributed by atoms with Gasteiger partial charge in [0.05, 0.1) is 6.10 Å². The fourth-order valence-electron chi connectivity index (χ4n) is 1.21. The van der Waals surface area contributed by atoms with Gasteiger partial charge in [0, 0.05) is 18.6 Å². The van der Waals surface area contributed by atoms with Gasteiger partial charge in [0.2, 0.25) is 0 Å². The SMILES string of the molecule is CCNCC(O)CN(C)C(C)(C)CC. The van der Waals surface area contributed by atoms with Crippen LogP contribution in [0.1, 0.15) is 34.1 Å². The molecule has 0 fully saturated rings. The molecule has 0 aliphatic heterocycles. The maximum Gasteiger partial charge on any atom is 0.0791 e. The number of aliphatic hydroxyl groups is 1. The monoisotopic (exact) mass is 202 g/mol. The van der Waals surface area contributed by atoms with Crippen molar-refractivity contribution >= 4 is 0 Å². The largest absolute Gasteiger partial charge is 0.390 e. The van der Waals surface area contributed by atoms with Gasteiger partial charge in [-0.15, -0.1) is 0 Å². The van der Waals surface area contributed by atoms with Crippen LogP contribution >= 0.6 is 0 Å². The van der Waals surface area contributed by atoms with E-state index in [1.807, 2.05) is 6.92 Å². The fourth-order valence-corrected chi connectivity index (χ4v) is 1.21. The van der Waals surface area contributed by atoms with E-state index < -0.39 is 0 Å². The molecule has 1 atom stereocenters. The molecule has 0 amide bonds. The van der Waals surface area contributed by atoms with E-state index in [9.17, 15) is 5.11 Å². The van der Waals surface area contributed by atoms with Crippen LogP contribution in [0.4, 0.5) is 0 Å². The summed E-state index contributed by atoms with van der Waals surface area (Å²) in [7, 11) is 2.07. The number of aliphatic hydroxyl groups excluding tert-OH is 1. The third-order valence-electron chi connectivity index (χ3n) is 3.01. The summed E-state index contributed by atoms with van der Waals surface area (Å²) in [6.45, 7) is 11.0. The number of rotatable bonds is 7. The summed E-state index contributed by atoms with van der Waals surface area (Å²) in [6, 6.07) is 0. The molecule has 0 saturated carbocycles. The molecule has 0 aliphatic rings. The summed E-state index contributed by atoms with van der Waals surface area (Å²) >= 11 is 0. The lowest BCUT2D eigenvalue weighted by molar-refractivity contribution is 0.0689. The molecule has 0 rings (SSSR count). The lowest BCUT2D eigenvalue weighted by Gasteiger charge is -2.36. The molecule has 0 bridgehead atoms. The van der Waals surface area contributed by atoms with E-state index in [1.54, 1.807) is 0 Å². The van der Waals surface area contributed by atoms with Crippen molar-refractivity contribution in [3.63, 3.8) is 0 Å². The smallest absolute Gasteiger partial charge is 0.0791 e. The van der Waals surface area contributed by atoms with Crippen molar-refractivity contribution < 1.29 is 5.11 Å². The molecule has 1 unspecified atom stereocenters. The molecule has 14 heavy (non-hydrogen) atoms. The first kappa shape index (κ1) is 13.9. The van der Waals surface area contributed by atoms with Crippen molar-refractivity contribution in [2.75, 3.05) is 26.7 Å². The summed E-state index contributed by atoms with van der Waals surface area (Å²) in [5.41, 5.74) is 0.174. The Morgan fingerprint density at radius 3 is 2.36 bits per heavy atom. The molecule has 0 saturated heterocycles. The Kier molecular flexibility index (Phi) is 6.33. The number of likely N-dealkylation sites (N-methyl/N-ethyl adjacent to an activating group) is 2. The van der Waals surface area contributed by atoms with Gasteiger partial charge in [-0.3, -0.25) is 4.90 Å². The molecule has 0 radical (unpaired) electrons. The molecule has 3 nitrogen and oxygen atoms in total. The Balaban J connectivity index is 3.86. The molecule has 0 aromatic carbocycles. The van der Waals surface area contributed by atoms with E-state index in [0.29, 0.717) is 6.54 Å². The average Bonchev–Trinajstić information content (AvgIpc) is 2.14. The van der Waals surface area contributed by atoms with Crippen LogP contribution in [0.3, 0.4) is 0 Å². The van der Waals surface area contributed by atoms with Crippen molar-refractivity contribution in [2.45, 2.75) is 45.8 Å². The van der Waals surface area contributed by atoms with Gasteiger partial charge in [0.25, 0.3) is 0 Å². The van der Waals surface area contributed by atoms with Crippen LogP contribution in [0.5, 0.6) is 0 Å². The van der Waals surface area contributed by atoms with Crippen LogP contribution in [-0.2, 0) is 0 Å². The van der Waals surface area contributed by atoms with Crippen molar-refractivity contribution in [3.05, 3.63) is 0 Å². The topological polar surface area (TPSA) is 35.5 Å². The minimum atomic E-state index is -0.272. The quantitative estimate of drug-likeness (QED) is 0.648. The summed E-state index contributed by atoms with van der Waals surface area (Å²) < 4.78 is 0. The van der Waals surface area contributed by atoms with Crippen molar-refractivity contribution in [2.24, 2.45) is 0 Å². The van der Waals surface area contributed by atoms with Crippen LogP contribution in [0.25, 0.3) is 0 Å². The molecule has 2 N–H and O–H groups in total. The molecular formula is C11H26N2O. The van der Waals surface area contributed by atoms with E-state index in [-0.39, 0.29) is 11.6 Å². The van der Waals surface area contributed by atoms with Gasteiger partial charge in [-0.05, 0) is 33.9 Å². The predicted molar refractivity (Wildman–Crippen MR) is 61.6 cm³/mol. The van der Waals surface area contributed by atoms with Crippen molar-refractivity contribution in [1.82, 2.24) is 10.2 Å². The Hall–Kier alpha value is -0.120. The van der Waals surface area contributed by atoms with Crippen LogP contribution < -0.4 is 5.32 Å². The maximum atomic E-state index is 9.71. The highest BCUT2D eigenvalue weighted by molar-refractivity contribution is 4.79. The summed E-state index contributed by atoms with van der Waals surface area (Å²) in [5.74, 6) is 0. The zero-order valence-electron chi connectivity index (χ0n) is 10.3. The Morgan fingerprint density at radius 2 is 1.93 bits per heavy atom. The first-order valence-corrected chi connectivity index (χ1v) is 5.54. The van der Waals surface area contributed by atoms with Crippen molar-refractivity contribution in [3.8, 4) is 0 Å². The number of nitrogens with one attached hydrogen (secondary N) is 1. The molecular weight excluding hydrogens is 176 g/mol. The average molecular weight is 202 g/mol. The minimum Gasteiger partial charge on any atom is -0.390 e. The van der Waals surface area contributed by atoms with E-state index in [0.717, 1.165) is 19.5 Å². The Morgan fingerprint density at radius 1 is 1.36 bits per heavy atom. The summed E-state index contributed by atoms with van der Waals surface area (Å²) in [6.07, 6.45) is 0.822. The normalized spacial score (nSPS) is 14.8. The van der Waals surface area contributed by atoms with E-state index in [1.165, 1.54) is 0 Å². The number of β-amino-alcohol motifs (C(OH)–C–C–N with tert-alkyl or cyclic N) is 1. The van der Waals surface area contributed by atoms with Gasteiger partial charge in [-0.1, -0.05) is 13.8 Å². The molecule has 0 aromatic rings. The second-order valence-electron chi connectivity index (χ2n) is 4.51. The molecule has 3 heteroatoms. The Labute approximate surface area is 88.5 Å². The van der Waals surface area contributed by atoms with Gasteiger partial charge >= 0.3 is 0 Å². The van der Waals surface area contributed by atoms with Crippen LogP contribution in [0.2, 0.25) is 0 Å².